The van der Waals surface area contributed by atoms with Crippen LogP contribution in [-0.2, 0) is 0 Å². The van der Waals surface area contributed by atoms with E-state index in [4.69, 9.17) is 0 Å². The summed E-state index contributed by atoms with van der Waals surface area (Å²) in [7, 11) is -4.53. The maximum atomic E-state index is 3.08. The normalized spacial score (nSPS) is 43.2. The van der Waals surface area contributed by atoms with Crippen LogP contribution >= 0.6 is 0 Å². The Labute approximate surface area is 211 Å². The zero-order chi connectivity index (χ0) is 23.9. The van der Waals surface area contributed by atoms with Gasteiger partial charge in [-0.25, -0.2) is 0 Å². The average Bonchev–Trinajstić information content (AvgIpc) is 2.94. The fourth-order valence-electron chi connectivity index (χ4n) is 12.3. The average molecular weight is 497 g/mol. The van der Waals surface area contributed by atoms with Gasteiger partial charge in [-0.05, 0) is 9.12 Å². The number of hydrogen-bond donors (Lipinski definition) is 0. The van der Waals surface area contributed by atoms with E-state index in [1.807, 2.05) is 0 Å². The minimum Gasteiger partial charge on any atom is -0.0955 e. The van der Waals surface area contributed by atoms with Crippen LogP contribution in [-0.4, -0.2) is 37.6 Å². The molecule has 0 aromatic rings. The van der Waals surface area contributed by atoms with Crippen LogP contribution in [0.15, 0.2) is 12.2 Å². The maximum Gasteiger partial charge on any atom is 0.151 e. The molecular formula is C28H54B2Si3. The van der Waals surface area contributed by atoms with Crippen molar-refractivity contribution in [3.05, 3.63) is 12.2 Å². The fraction of sp³-hybridized carbons (Fsp3) is 0.929. The Kier molecular flexibility index (Phi) is 6.31. The molecule has 184 valence electrons. The van der Waals surface area contributed by atoms with Crippen molar-refractivity contribution in [1.82, 2.24) is 0 Å². The monoisotopic (exact) mass is 496 g/mol. The summed E-state index contributed by atoms with van der Waals surface area (Å²) in [6.07, 6.45) is 24.7. The van der Waals surface area contributed by atoms with E-state index in [0.29, 0.717) is 9.12 Å². The maximum absolute atomic E-state index is 3.08. The van der Waals surface area contributed by atoms with Crippen molar-refractivity contribution in [2.24, 2.45) is 0 Å². The lowest BCUT2D eigenvalue weighted by Gasteiger charge is -2.67. The highest BCUT2D eigenvalue weighted by atomic mass is 28.4. The van der Waals surface area contributed by atoms with Gasteiger partial charge in [0.15, 0.2) is 13.4 Å². The summed E-state index contributed by atoms with van der Waals surface area (Å²) in [5.74, 6) is 4.18. The number of fused-ring (bicyclic) bond motifs is 4. The molecular weight excluding hydrogens is 442 g/mol. The van der Waals surface area contributed by atoms with Crippen LogP contribution < -0.4 is 0 Å². The molecule has 5 heteroatoms. The predicted octanol–water partition coefficient (Wildman–Crippen LogP) is 9.78. The topological polar surface area (TPSA) is 0 Å². The lowest BCUT2D eigenvalue weighted by atomic mass is 9.25. The zero-order valence-corrected chi connectivity index (χ0v) is 26.6. The molecule has 0 radical (unpaired) electrons. The van der Waals surface area contributed by atoms with Crippen LogP contribution in [0.4, 0.5) is 0 Å². The Balaban J connectivity index is 1.71. The molecule has 0 N–H and O–H groups in total. The van der Waals surface area contributed by atoms with Crippen LogP contribution in [0.2, 0.25) is 84.8 Å². The van der Waals surface area contributed by atoms with Gasteiger partial charge in [0.1, 0.15) is 0 Å². The van der Waals surface area contributed by atoms with E-state index in [1.54, 1.807) is 51.4 Å². The third kappa shape index (κ3) is 3.32. The highest BCUT2D eigenvalue weighted by Crippen LogP contribution is 2.75. The SMILES string of the molecule is C[Si](C)(C)[C@@]1(B2C3CCCC2CCC3)C=C[C@@](B2C3CCCC2CCC3)([Si](C)(C)C)[Si]1(C)C. The summed E-state index contributed by atoms with van der Waals surface area (Å²) in [4.78, 5) is 0. The quantitative estimate of drug-likeness (QED) is 0.268. The summed E-state index contributed by atoms with van der Waals surface area (Å²) in [5.41, 5.74) is 0. The molecule has 0 spiro atoms. The second-order valence-corrected chi connectivity index (χ2v) is 32.6. The van der Waals surface area contributed by atoms with Crippen molar-refractivity contribution in [2.75, 3.05) is 0 Å². The van der Waals surface area contributed by atoms with Crippen LogP contribution in [0.3, 0.4) is 0 Å². The standard InChI is InChI=1S/C28H54B2Si3/c1-31(2,3)27(29-23-13-9-14-24(29)16-10-15-23)21-22-28(32(4,5)6,33(27,7)8)30-25-17-11-18-26(30)20-12-19-25/h21-26H,9-20H2,1-8H3/t23?,24?,25?,26?,27-,28+. The van der Waals surface area contributed by atoms with E-state index in [9.17, 15) is 0 Å². The smallest absolute Gasteiger partial charge is 0.0955 e. The lowest BCUT2D eigenvalue weighted by Crippen LogP contribution is -2.73. The first-order valence-corrected chi connectivity index (χ1v) is 25.1. The molecule has 5 aliphatic heterocycles. The summed E-state index contributed by atoms with van der Waals surface area (Å²) < 4.78 is 1.23. The lowest BCUT2D eigenvalue weighted by molar-refractivity contribution is 0.437. The first kappa shape index (κ1) is 25.2. The predicted molar refractivity (Wildman–Crippen MR) is 161 cm³/mol. The molecule has 5 heterocycles. The molecule has 5 aliphatic rings. The Morgan fingerprint density at radius 1 is 0.545 bits per heavy atom. The van der Waals surface area contributed by atoms with Gasteiger partial charge in [0.05, 0.1) is 0 Å². The molecule has 0 aromatic carbocycles. The van der Waals surface area contributed by atoms with Crippen LogP contribution in [0.5, 0.6) is 0 Å². The van der Waals surface area contributed by atoms with Gasteiger partial charge in [-0.3, -0.25) is 0 Å². The van der Waals surface area contributed by atoms with E-state index in [-0.39, 0.29) is 0 Å². The highest BCUT2D eigenvalue weighted by Gasteiger charge is 2.75. The summed E-state index contributed by atoms with van der Waals surface area (Å²) in [6, 6.07) is 0. The van der Waals surface area contributed by atoms with E-state index >= 15 is 0 Å². The van der Waals surface area contributed by atoms with Gasteiger partial charge in [0, 0.05) is 24.2 Å². The van der Waals surface area contributed by atoms with E-state index in [2.05, 4.69) is 64.5 Å². The van der Waals surface area contributed by atoms with E-state index in [0.717, 1.165) is 36.7 Å². The number of rotatable bonds is 4. The molecule has 0 aliphatic carbocycles. The van der Waals surface area contributed by atoms with Crippen LogP contribution in [0.1, 0.15) is 77.0 Å². The third-order valence-electron chi connectivity index (χ3n) is 12.8. The van der Waals surface area contributed by atoms with Crippen molar-refractivity contribution >= 4 is 37.6 Å². The summed E-state index contributed by atoms with van der Waals surface area (Å²) in [6.45, 7) is 25.0. The molecule has 0 unspecified atom stereocenters. The van der Waals surface area contributed by atoms with Gasteiger partial charge in [-0.15, -0.1) is 0 Å². The Bertz CT molecular complexity index is 675. The van der Waals surface area contributed by atoms with Gasteiger partial charge in [0.2, 0.25) is 0 Å². The van der Waals surface area contributed by atoms with Gasteiger partial charge in [-0.2, -0.15) is 0 Å². The second-order valence-electron chi connectivity index (χ2n) is 16.0. The second kappa shape index (κ2) is 8.27. The van der Waals surface area contributed by atoms with Crippen molar-refractivity contribution in [3.63, 3.8) is 0 Å². The van der Waals surface area contributed by atoms with Gasteiger partial charge >= 0.3 is 0 Å². The van der Waals surface area contributed by atoms with Crippen molar-refractivity contribution in [3.8, 4) is 0 Å². The minimum absolute atomic E-state index is 0.613. The van der Waals surface area contributed by atoms with Crippen molar-refractivity contribution in [2.45, 2.75) is 162 Å². The van der Waals surface area contributed by atoms with E-state index < -0.39 is 24.2 Å². The van der Waals surface area contributed by atoms with Crippen molar-refractivity contribution in [1.29, 1.82) is 0 Å². The van der Waals surface area contributed by atoms with E-state index in [1.165, 1.54) is 25.7 Å². The number of hydrogen-bond acceptors (Lipinski definition) is 0. The molecule has 0 aromatic heterocycles. The molecule has 0 nitrogen and oxygen atoms in total. The Hall–Kier alpha value is 0.521. The van der Waals surface area contributed by atoms with Gasteiger partial charge in [0.25, 0.3) is 0 Å². The van der Waals surface area contributed by atoms with Gasteiger partial charge in [-0.1, -0.05) is 165 Å². The first-order valence-electron chi connectivity index (χ1n) is 15.1. The minimum atomic E-state index is -1.66. The molecule has 0 amide bonds. The van der Waals surface area contributed by atoms with Crippen molar-refractivity contribution < 1.29 is 0 Å². The molecule has 33 heavy (non-hydrogen) atoms. The van der Waals surface area contributed by atoms with Crippen LogP contribution in [0.25, 0.3) is 0 Å². The zero-order valence-electron chi connectivity index (χ0n) is 23.6. The Morgan fingerprint density at radius 2 is 0.788 bits per heavy atom. The largest absolute Gasteiger partial charge is 0.151 e. The first-order chi connectivity index (χ1) is 15.4. The molecule has 4 fully saturated rings. The molecule has 2 atom stereocenters. The molecule has 0 saturated carbocycles. The third-order valence-corrected chi connectivity index (χ3v) is 32.2. The fourth-order valence-corrected chi connectivity index (χ4v) is 37.3. The van der Waals surface area contributed by atoms with Crippen LogP contribution in [0, 0.1) is 0 Å². The number of allylic oxidation sites excluding steroid dienone is 2. The Morgan fingerprint density at radius 3 is 1.00 bits per heavy atom. The highest BCUT2D eigenvalue weighted by molar-refractivity contribution is 7.24. The molecule has 4 bridgehead atoms. The molecule has 4 saturated heterocycles. The summed E-state index contributed by atoms with van der Waals surface area (Å²) in [5, 5.41) is 0. The molecule has 5 rings (SSSR count). The summed E-state index contributed by atoms with van der Waals surface area (Å²) >= 11 is 0. The van der Waals surface area contributed by atoms with Gasteiger partial charge < -0.3 is 0 Å².